The normalized spacial score (nSPS) is 10.8. The number of ether oxygens (including phenoxy) is 1. The number of hydrogen-bond acceptors (Lipinski definition) is 7. The lowest BCUT2D eigenvalue weighted by Gasteiger charge is -2.22. The molecule has 1 aromatic heterocycles. The van der Waals surface area contributed by atoms with Crippen molar-refractivity contribution in [1.29, 1.82) is 0 Å². The highest BCUT2D eigenvalue weighted by atomic mass is 32.1. The molecule has 0 aliphatic carbocycles. The van der Waals surface area contributed by atoms with E-state index in [-0.39, 0.29) is 28.7 Å². The summed E-state index contributed by atoms with van der Waals surface area (Å²) in [5.41, 5.74) is 12.5. The molecule has 0 unspecified atom stereocenters. The zero-order chi connectivity index (χ0) is 21.6. The summed E-state index contributed by atoms with van der Waals surface area (Å²) in [5, 5.41) is 2.68. The van der Waals surface area contributed by atoms with Crippen molar-refractivity contribution < 1.29 is 19.1 Å². The van der Waals surface area contributed by atoms with Crippen LogP contribution in [-0.4, -0.2) is 48.9 Å². The van der Waals surface area contributed by atoms with Gasteiger partial charge in [0.05, 0.1) is 12.3 Å². The van der Waals surface area contributed by atoms with E-state index in [0.29, 0.717) is 24.8 Å². The standard InChI is InChI=1S/C19H25N5O4S/c1-11(2)12-4-6-13(7-5-12)24(10-14(25)22-8-9-28-3)19(27)17-15(20)16(18(21)26)23-29-17/h4-7,11H,8-10,20H2,1-3H3,(H2,21,26)(H,22,25). The van der Waals surface area contributed by atoms with E-state index >= 15 is 0 Å². The van der Waals surface area contributed by atoms with Gasteiger partial charge in [-0.2, -0.15) is 4.37 Å². The van der Waals surface area contributed by atoms with E-state index in [2.05, 4.69) is 23.5 Å². The van der Waals surface area contributed by atoms with E-state index in [4.69, 9.17) is 16.2 Å². The van der Waals surface area contributed by atoms with Gasteiger partial charge in [-0.15, -0.1) is 0 Å². The molecule has 0 aliphatic heterocycles. The average Bonchev–Trinajstić information content (AvgIpc) is 3.07. The van der Waals surface area contributed by atoms with Gasteiger partial charge in [0.1, 0.15) is 11.4 Å². The maximum absolute atomic E-state index is 13.1. The molecule has 3 amide bonds. The van der Waals surface area contributed by atoms with Gasteiger partial charge in [0.2, 0.25) is 5.91 Å². The fraction of sp³-hybridized carbons (Fsp3) is 0.368. The van der Waals surface area contributed by atoms with E-state index in [1.807, 2.05) is 12.1 Å². The lowest BCUT2D eigenvalue weighted by Crippen LogP contribution is -2.41. The Bertz CT molecular complexity index is 879. The molecule has 156 valence electrons. The Kier molecular flexibility index (Phi) is 7.68. The summed E-state index contributed by atoms with van der Waals surface area (Å²) in [6.07, 6.45) is 0. The topological polar surface area (TPSA) is 141 Å². The molecule has 0 atom stereocenters. The number of nitrogens with two attached hydrogens (primary N) is 2. The molecule has 0 saturated carbocycles. The summed E-state index contributed by atoms with van der Waals surface area (Å²) in [6.45, 7) is 4.56. The number of nitrogen functional groups attached to an aromatic ring is 1. The van der Waals surface area contributed by atoms with Gasteiger partial charge in [-0.05, 0) is 35.1 Å². The van der Waals surface area contributed by atoms with Crippen molar-refractivity contribution in [2.45, 2.75) is 19.8 Å². The van der Waals surface area contributed by atoms with Crippen LogP contribution < -0.4 is 21.7 Å². The number of hydrogen-bond donors (Lipinski definition) is 3. The lowest BCUT2D eigenvalue weighted by atomic mass is 10.0. The first-order valence-corrected chi connectivity index (χ1v) is 9.76. The third-order valence-electron chi connectivity index (χ3n) is 4.20. The lowest BCUT2D eigenvalue weighted by molar-refractivity contribution is -0.119. The molecule has 1 aromatic carbocycles. The molecule has 0 fully saturated rings. The van der Waals surface area contributed by atoms with E-state index in [0.717, 1.165) is 17.1 Å². The van der Waals surface area contributed by atoms with Gasteiger partial charge >= 0.3 is 0 Å². The van der Waals surface area contributed by atoms with Crippen LogP contribution in [0.2, 0.25) is 0 Å². The van der Waals surface area contributed by atoms with E-state index in [1.54, 1.807) is 12.1 Å². The van der Waals surface area contributed by atoms with Crippen LogP contribution in [0.1, 0.15) is 45.5 Å². The minimum absolute atomic E-state index is 0.0522. The summed E-state index contributed by atoms with van der Waals surface area (Å²) >= 11 is 0.773. The molecule has 2 aromatic rings. The minimum atomic E-state index is -0.817. The quantitative estimate of drug-likeness (QED) is 0.524. The van der Waals surface area contributed by atoms with Gasteiger partial charge in [0.15, 0.2) is 5.69 Å². The maximum Gasteiger partial charge on any atom is 0.272 e. The van der Waals surface area contributed by atoms with Crippen molar-refractivity contribution in [3.05, 3.63) is 40.4 Å². The van der Waals surface area contributed by atoms with Crippen LogP contribution in [0.3, 0.4) is 0 Å². The first-order valence-electron chi connectivity index (χ1n) is 8.98. The van der Waals surface area contributed by atoms with Crippen LogP contribution in [0.15, 0.2) is 24.3 Å². The number of methoxy groups -OCH3 is 1. The molecule has 2 rings (SSSR count). The number of benzene rings is 1. The van der Waals surface area contributed by atoms with Crippen LogP contribution in [-0.2, 0) is 9.53 Å². The molecule has 0 spiro atoms. The zero-order valence-corrected chi connectivity index (χ0v) is 17.4. The van der Waals surface area contributed by atoms with E-state index in [9.17, 15) is 14.4 Å². The van der Waals surface area contributed by atoms with Gasteiger partial charge in [-0.1, -0.05) is 26.0 Å². The number of nitrogens with zero attached hydrogens (tertiary/aromatic N) is 2. The van der Waals surface area contributed by atoms with Gasteiger partial charge < -0.3 is 21.5 Å². The van der Waals surface area contributed by atoms with Crippen LogP contribution in [0.4, 0.5) is 11.4 Å². The number of amides is 3. The first kappa shape index (κ1) is 22.3. The molecule has 29 heavy (non-hydrogen) atoms. The first-order chi connectivity index (χ1) is 13.8. The van der Waals surface area contributed by atoms with Crippen molar-refractivity contribution in [2.75, 3.05) is 37.4 Å². The number of carbonyl (C=O) groups is 3. The van der Waals surface area contributed by atoms with E-state index in [1.165, 1.54) is 12.0 Å². The second kappa shape index (κ2) is 9.99. The Morgan fingerprint density at radius 1 is 1.24 bits per heavy atom. The molecule has 9 nitrogen and oxygen atoms in total. The highest BCUT2D eigenvalue weighted by Gasteiger charge is 2.27. The summed E-state index contributed by atoms with van der Waals surface area (Å²) in [5.74, 6) is -1.39. The highest BCUT2D eigenvalue weighted by Crippen LogP contribution is 2.27. The van der Waals surface area contributed by atoms with Crippen molar-refractivity contribution in [3.8, 4) is 0 Å². The smallest absolute Gasteiger partial charge is 0.272 e. The molecule has 0 aliphatic rings. The summed E-state index contributed by atoms with van der Waals surface area (Å²) < 4.78 is 8.78. The molecule has 1 heterocycles. The monoisotopic (exact) mass is 419 g/mol. The third-order valence-corrected chi connectivity index (χ3v) is 5.05. The number of aromatic nitrogens is 1. The number of rotatable bonds is 9. The predicted molar refractivity (Wildman–Crippen MR) is 112 cm³/mol. The maximum atomic E-state index is 13.1. The fourth-order valence-corrected chi connectivity index (χ4v) is 3.32. The van der Waals surface area contributed by atoms with Crippen LogP contribution in [0.5, 0.6) is 0 Å². The average molecular weight is 420 g/mol. The van der Waals surface area contributed by atoms with Crippen LogP contribution >= 0.6 is 11.5 Å². The molecule has 0 bridgehead atoms. The van der Waals surface area contributed by atoms with Gasteiger partial charge in [-0.3, -0.25) is 19.3 Å². The van der Waals surface area contributed by atoms with Crippen molar-refractivity contribution in [1.82, 2.24) is 9.69 Å². The fourth-order valence-electron chi connectivity index (χ4n) is 2.56. The van der Waals surface area contributed by atoms with Gasteiger partial charge in [-0.25, -0.2) is 0 Å². The summed E-state index contributed by atoms with van der Waals surface area (Å²) in [7, 11) is 1.53. The second-order valence-electron chi connectivity index (χ2n) is 6.62. The Morgan fingerprint density at radius 3 is 2.41 bits per heavy atom. The molecular formula is C19H25N5O4S. The molecule has 10 heteroatoms. The Balaban J connectivity index is 2.34. The minimum Gasteiger partial charge on any atom is -0.395 e. The molecular weight excluding hydrogens is 394 g/mol. The van der Waals surface area contributed by atoms with Crippen molar-refractivity contribution in [3.63, 3.8) is 0 Å². The largest absolute Gasteiger partial charge is 0.395 e. The zero-order valence-electron chi connectivity index (χ0n) is 16.6. The molecule has 5 N–H and O–H groups in total. The van der Waals surface area contributed by atoms with Gasteiger partial charge in [0.25, 0.3) is 11.8 Å². The van der Waals surface area contributed by atoms with E-state index < -0.39 is 11.8 Å². The van der Waals surface area contributed by atoms with Gasteiger partial charge in [0, 0.05) is 19.3 Å². The summed E-state index contributed by atoms with van der Waals surface area (Å²) in [6, 6.07) is 7.33. The van der Waals surface area contributed by atoms with Crippen LogP contribution in [0, 0.1) is 0 Å². The van der Waals surface area contributed by atoms with Crippen molar-refractivity contribution in [2.24, 2.45) is 5.73 Å². The number of anilines is 2. The number of carbonyl (C=O) groups excluding carboxylic acids is 3. The van der Waals surface area contributed by atoms with Crippen molar-refractivity contribution >= 4 is 40.6 Å². The Morgan fingerprint density at radius 2 is 1.90 bits per heavy atom. The molecule has 0 radical (unpaired) electrons. The Hall–Kier alpha value is -2.98. The van der Waals surface area contributed by atoms with Crippen LogP contribution in [0.25, 0.3) is 0 Å². The molecule has 0 saturated heterocycles. The number of primary amides is 1. The number of nitrogens with one attached hydrogen (secondary N) is 1. The second-order valence-corrected chi connectivity index (χ2v) is 7.39. The highest BCUT2D eigenvalue weighted by molar-refractivity contribution is 7.09. The summed E-state index contributed by atoms with van der Waals surface area (Å²) in [4.78, 5) is 38.2. The predicted octanol–water partition coefficient (Wildman–Crippen LogP) is 1.36. The Labute approximate surface area is 173 Å². The SMILES string of the molecule is COCCNC(=O)CN(C(=O)c1snc(C(N)=O)c1N)c1ccc(C(C)C)cc1. The third kappa shape index (κ3) is 5.52.